The summed E-state index contributed by atoms with van der Waals surface area (Å²) < 4.78 is 59.6. The van der Waals surface area contributed by atoms with Gasteiger partial charge in [0.2, 0.25) is 0 Å². The van der Waals surface area contributed by atoms with Crippen molar-refractivity contribution in [2.75, 3.05) is 45.7 Å². The molecule has 1 saturated heterocycles. The largest absolute Gasteiger partial charge is 0.502 e. The van der Waals surface area contributed by atoms with E-state index < -0.39 is 29.2 Å². The number of nitrogens with zero attached hydrogens (tertiary/aromatic N) is 2. The van der Waals surface area contributed by atoms with Gasteiger partial charge >= 0.3 is 6.18 Å². The van der Waals surface area contributed by atoms with Crippen LogP contribution < -0.4 is 10.1 Å². The Labute approximate surface area is 177 Å². The summed E-state index contributed by atoms with van der Waals surface area (Å²) in [4.78, 5) is 16.5. The van der Waals surface area contributed by atoms with Crippen molar-refractivity contribution in [2.24, 2.45) is 0 Å². The van der Waals surface area contributed by atoms with Crippen LogP contribution in [0.4, 0.5) is 23.2 Å². The molecule has 0 saturated carbocycles. The molecule has 0 aromatic heterocycles. The molecule has 0 bridgehead atoms. The van der Waals surface area contributed by atoms with Crippen LogP contribution in [0.2, 0.25) is 0 Å². The van der Waals surface area contributed by atoms with Gasteiger partial charge in [0.25, 0.3) is 5.91 Å². The summed E-state index contributed by atoms with van der Waals surface area (Å²) in [6.07, 6.45) is -4.60. The van der Waals surface area contributed by atoms with Crippen molar-refractivity contribution in [3.63, 3.8) is 0 Å². The highest BCUT2D eigenvalue weighted by Gasteiger charge is 2.34. The zero-order chi connectivity index (χ0) is 22.8. The van der Waals surface area contributed by atoms with Gasteiger partial charge < -0.3 is 20.1 Å². The fraction of sp³-hybridized carbons (Fsp3) is 0.381. The molecule has 0 spiro atoms. The molecule has 1 amide bonds. The second-order valence-corrected chi connectivity index (χ2v) is 7.41. The minimum atomic E-state index is -4.60. The van der Waals surface area contributed by atoms with E-state index in [0.717, 1.165) is 31.3 Å². The molecule has 0 aliphatic carbocycles. The van der Waals surface area contributed by atoms with Gasteiger partial charge in [-0.25, -0.2) is 4.39 Å². The minimum absolute atomic E-state index is 0.0769. The summed E-state index contributed by atoms with van der Waals surface area (Å²) in [7, 11) is 3.15. The number of alkyl halides is 3. The van der Waals surface area contributed by atoms with E-state index in [2.05, 4.69) is 10.2 Å². The molecule has 1 aliphatic heterocycles. The molecule has 6 nitrogen and oxygen atoms in total. The maximum Gasteiger partial charge on any atom is 0.416 e. The maximum absolute atomic E-state index is 13.8. The highest BCUT2D eigenvalue weighted by atomic mass is 19.4. The van der Waals surface area contributed by atoms with Gasteiger partial charge in [-0.3, -0.25) is 9.69 Å². The fourth-order valence-corrected chi connectivity index (χ4v) is 3.37. The Kier molecular flexibility index (Phi) is 6.71. The molecule has 1 fully saturated rings. The van der Waals surface area contributed by atoms with Crippen LogP contribution in [0.5, 0.6) is 11.5 Å². The summed E-state index contributed by atoms with van der Waals surface area (Å²) in [6, 6.07) is 5.47. The number of amides is 1. The lowest BCUT2D eigenvalue weighted by atomic mass is 10.0. The number of phenolic OH excluding ortho intramolecular Hbond substituents is 1. The zero-order valence-electron chi connectivity index (χ0n) is 17.1. The number of ether oxygens (including phenoxy) is 1. The van der Waals surface area contributed by atoms with Gasteiger partial charge in [-0.05, 0) is 36.9 Å². The number of carbonyl (C=O) groups excluding carboxylic acids is 1. The molecule has 168 valence electrons. The zero-order valence-corrected chi connectivity index (χ0v) is 17.1. The van der Waals surface area contributed by atoms with Crippen LogP contribution in [-0.2, 0) is 12.7 Å². The summed E-state index contributed by atoms with van der Waals surface area (Å²) >= 11 is 0. The summed E-state index contributed by atoms with van der Waals surface area (Å²) in [5.41, 5.74) is -1.000. The topological polar surface area (TPSA) is 65.0 Å². The molecule has 3 rings (SSSR count). The Morgan fingerprint density at radius 1 is 1.16 bits per heavy atom. The first-order valence-corrected chi connectivity index (χ1v) is 9.57. The molecule has 0 atom stereocenters. The first-order valence-electron chi connectivity index (χ1n) is 9.57. The number of hydrogen-bond acceptors (Lipinski definition) is 5. The molecule has 2 N–H and O–H groups in total. The van der Waals surface area contributed by atoms with Gasteiger partial charge in [-0.2, -0.15) is 13.2 Å². The van der Waals surface area contributed by atoms with Crippen LogP contribution in [0.25, 0.3) is 0 Å². The number of likely N-dealkylation sites (N-methyl/N-ethyl adjacent to an activating group) is 1. The van der Waals surface area contributed by atoms with Crippen LogP contribution >= 0.6 is 0 Å². The monoisotopic (exact) mass is 441 g/mol. The highest BCUT2D eigenvalue weighted by Crippen LogP contribution is 2.35. The lowest BCUT2D eigenvalue weighted by molar-refractivity contribution is -0.138. The Bertz CT molecular complexity index is 958. The van der Waals surface area contributed by atoms with Crippen molar-refractivity contribution in [3.05, 3.63) is 52.8 Å². The van der Waals surface area contributed by atoms with Crippen LogP contribution in [0.15, 0.2) is 30.3 Å². The predicted octanol–water partition coefficient (Wildman–Crippen LogP) is 3.56. The Morgan fingerprint density at radius 2 is 1.84 bits per heavy atom. The van der Waals surface area contributed by atoms with Crippen molar-refractivity contribution in [2.45, 2.75) is 12.7 Å². The lowest BCUT2D eigenvalue weighted by Gasteiger charge is -2.33. The molecule has 10 heteroatoms. The molecule has 0 unspecified atom stereocenters. The molecule has 0 radical (unpaired) electrons. The standard InChI is InChI=1S/C21H23F4N3O3/c1-27-5-7-28(8-6-27)12-13-3-4-15(11-16(13)21(23,24)25)26-20(30)14-9-17(22)19(29)18(10-14)31-2/h3-4,9-11,29H,5-8,12H2,1-2H3,(H,26,30). The normalized spacial score (nSPS) is 15.7. The molecular formula is C21H23F4N3O3. The van der Waals surface area contributed by atoms with Crippen molar-refractivity contribution in [1.29, 1.82) is 0 Å². The van der Waals surface area contributed by atoms with Crippen LogP contribution in [0.3, 0.4) is 0 Å². The number of phenols is 1. The van der Waals surface area contributed by atoms with E-state index in [-0.39, 0.29) is 29.1 Å². The third kappa shape index (κ3) is 5.45. The summed E-state index contributed by atoms with van der Waals surface area (Å²) in [5, 5.41) is 11.9. The first kappa shape index (κ1) is 22.8. The number of halogens is 4. The van der Waals surface area contributed by atoms with Crippen molar-refractivity contribution >= 4 is 11.6 Å². The smallest absolute Gasteiger partial charge is 0.416 e. The number of aromatic hydroxyl groups is 1. The number of piperazine rings is 1. The predicted molar refractivity (Wildman–Crippen MR) is 107 cm³/mol. The molecule has 31 heavy (non-hydrogen) atoms. The second kappa shape index (κ2) is 9.11. The molecule has 1 aliphatic rings. The average Bonchev–Trinajstić information content (AvgIpc) is 2.71. The average molecular weight is 441 g/mol. The van der Waals surface area contributed by atoms with Crippen molar-refractivity contribution in [1.82, 2.24) is 9.80 Å². The fourth-order valence-electron chi connectivity index (χ4n) is 3.37. The Balaban J connectivity index is 1.82. The number of methoxy groups -OCH3 is 1. The van der Waals surface area contributed by atoms with Gasteiger partial charge in [0, 0.05) is 44.0 Å². The SMILES string of the molecule is COc1cc(C(=O)Nc2ccc(CN3CCN(C)CC3)c(C(F)(F)F)c2)cc(F)c1O. The molecule has 2 aromatic carbocycles. The maximum atomic E-state index is 13.8. The second-order valence-electron chi connectivity index (χ2n) is 7.41. The first-order chi connectivity index (χ1) is 14.6. The summed E-state index contributed by atoms with van der Waals surface area (Å²) in [6.45, 7) is 3.04. The number of anilines is 1. The third-order valence-corrected chi connectivity index (χ3v) is 5.17. The molecule has 2 aromatic rings. The lowest BCUT2D eigenvalue weighted by Crippen LogP contribution is -2.44. The van der Waals surface area contributed by atoms with Crippen LogP contribution in [0.1, 0.15) is 21.5 Å². The van der Waals surface area contributed by atoms with E-state index in [1.54, 1.807) is 0 Å². The van der Waals surface area contributed by atoms with Gasteiger partial charge in [-0.1, -0.05) is 6.07 Å². The number of rotatable bonds is 5. The van der Waals surface area contributed by atoms with Gasteiger partial charge in [-0.15, -0.1) is 0 Å². The minimum Gasteiger partial charge on any atom is -0.502 e. The van der Waals surface area contributed by atoms with Crippen molar-refractivity contribution < 1.29 is 32.2 Å². The quantitative estimate of drug-likeness (QED) is 0.695. The number of carbonyl (C=O) groups is 1. The Morgan fingerprint density at radius 3 is 2.45 bits per heavy atom. The number of nitrogens with one attached hydrogen (secondary N) is 1. The van der Waals surface area contributed by atoms with E-state index in [4.69, 9.17) is 4.74 Å². The molecular weight excluding hydrogens is 418 g/mol. The third-order valence-electron chi connectivity index (χ3n) is 5.17. The van der Waals surface area contributed by atoms with Crippen LogP contribution in [-0.4, -0.2) is 61.2 Å². The number of benzene rings is 2. The van der Waals surface area contributed by atoms with E-state index in [9.17, 15) is 27.5 Å². The van der Waals surface area contributed by atoms with E-state index in [0.29, 0.717) is 13.1 Å². The van der Waals surface area contributed by atoms with Crippen LogP contribution in [0, 0.1) is 5.82 Å². The summed E-state index contributed by atoms with van der Waals surface area (Å²) in [5.74, 6) is -2.93. The van der Waals surface area contributed by atoms with Crippen molar-refractivity contribution in [3.8, 4) is 11.5 Å². The van der Waals surface area contributed by atoms with Gasteiger partial charge in [0.15, 0.2) is 17.3 Å². The number of hydrogen-bond donors (Lipinski definition) is 2. The van der Waals surface area contributed by atoms with E-state index in [1.165, 1.54) is 19.2 Å². The van der Waals surface area contributed by atoms with Gasteiger partial charge in [0.1, 0.15) is 0 Å². The molecule has 1 heterocycles. The van der Waals surface area contributed by atoms with Gasteiger partial charge in [0.05, 0.1) is 12.7 Å². The highest BCUT2D eigenvalue weighted by molar-refractivity contribution is 6.04. The van der Waals surface area contributed by atoms with E-state index in [1.807, 2.05) is 11.9 Å². The Hall–Kier alpha value is -2.85. The van der Waals surface area contributed by atoms with E-state index >= 15 is 0 Å².